The molecule has 14 heavy (non-hydrogen) atoms. The van der Waals surface area contributed by atoms with E-state index in [0.29, 0.717) is 13.1 Å². The average molecular weight is 206 g/mol. The van der Waals surface area contributed by atoms with Crippen LogP contribution in [0.2, 0.25) is 0 Å². The van der Waals surface area contributed by atoms with E-state index in [9.17, 15) is 9.59 Å². The zero-order chi connectivity index (χ0) is 10.6. The summed E-state index contributed by atoms with van der Waals surface area (Å²) in [5.41, 5.74) is 0. The van der Waals surface area contributed by atoms with Crippen molar-refractivity contribution in [3.05, 3.63) is 0 Å². The van der Waals surface area contributed by atoms with Gasteiger partial charge in [-0.1, -0.05) is 0 Å². The monoisotopic (exact) mass is 206 g/mol. The molecule has 8 nitrogen and oxygen atoms in total. The maximum absolute atomic E-state index is 10.2. The lowest BCUT2D eigenvalue weighted by molar-refractivity contribution is -0.0768. The highest BCUT2D eigenvalue weighted by Gasteiger charge is 2.30. The van der Waals surface area contributed by atoms with Crippen molar-refractivity contribution in [3.63, 3.8) is 0 Å². The van der Waals surface area contributed by atoms with Gasteiger partial charge < -0.3 is 19.7 Å². The van der Waals surface area contributed by atoms with Crippen LogP contribution in [0.4, 0.5) is 9.59 Å². The lowest BCUT2D eigenvalue weighted by Gasteiger charge is -2.30. The second-order valence-corrected chi connectivity index (χ2v) is 2.52. The molecule has 0 aromatic carbocycles. The lowest BCUT2D eigenvalue weighted by atomic mass is 10.3. The smallest absolute Gasteiger partial charge is 0.450 e. The minimum atomic E-state index is -1.50. The molecule has 1 aliphatic heterocycles. The maximum Gasteiger partial charge on any atom is 0.507 e. The van der Waals surface area contributed by atoms with E-state index < -0.39 is 24.8 Å². The molecule has 2 atom stereocenters. The Kier molecular flexibility index (Phi) is 3.48. The molecule has 1 fully saturated rings. The number of nitrogens with one attached hydrogen (secondary N) is 2. The minimum absolute atomic E-state index is 0.470. The van der Waals surface area contributed by atoms with Gasteiger partial charge in [0.25, 0.3) is 0 Å². The van der Waals surface area contributed by atoms with Crippen LogP contribution in [0.5, 0.6) is 0 Å². The van der Waals surface area contributed by atoms with Gasteiger partial charge in [-0.3, -0.25) is 10.6 Å². The van der Waals surface area contributed by atoms with Gasteiger partial charge in [-0.25, -0.2) is 9.59 Å². The zero-order valence-corrected chi connectivity index (χ0v) is 7.10. The van der Waals surface area contributed by atoms with Gasteiger partial charge in [0.1, 0.15) is 0 Å². The van der Waals surface area contributed by atoms with E-state index in [2.05, 4.69) is 20.1 Å². The molecule has 0 aliphatic carbocycles. The van der Waals surface area contributed by atoms with Crippen molar-refractivity contribution >= 4 is 12.3 Å². The summed E-state index contributed by atoms with van der Waals surface area (Å²) in [6, 6.07) is 0. The van der Waals surface area contributed by atoms with Crippen molar-refractivity contribution in [3.8, 4) is 0 Å². The third-order valence-electron chi connectivity index (χ3n) is 1.55. The Balaban J connectivity index is 2.49. The highest BCUT2D eigenvalue weighted by molar-refractivity contribution is 5.58. The highest BCUT2D eigenvalue weighted by Crippen LogP contribution is 2.02. The van der Waals surface area contributed by atoms with Crippen LogP contribution in [-0.4, -0.2) is 48.1 Å². The fraction of sp³-hybridized carbons (Fsp3) is 0.667. The fourth-order valence-electron chi connectivity index (χ4n) is 1.07. The summed E-state index contributed by atoms with van der Waals surface area (Å²) in [5, 5.41) is 22.0. The third-order valence-corrected chi connectivity index (χ3v) is 1.55. The van der Waals surface area contributed by atoms with Gasteiger partial charge in [0.05, 0.1) is 0 Å². The molecule has 0 saturated carbocycles. The first-order valence-corrected chi connectivity index (χ1v) is 3.85. The molecule has 0 aromatic heterocycles. The largest absolute Gasteiger partial charge is 0.507 e. The Hall–Kier alpha value is -1.54. The summed E-state index contributed by atoms with van der Waals surface area (Å²) in [5.74, 6) is 0. The molecule has 1 heterocycles. The normalized spacial score (nSPS) is 26.6. The minimum Gasteiger partial charge on any atom is -0.450 e. The maximum atomic E-state index is 10.2. The van der Waals surface area contributed by atoms with E-state index in [1.54, 1.807) is 0 Å². The summed E-state index contributed by atoms with van der Waals surface area (Å²) >= 11 is 0. The second kappa shape index (κ2) is 4.63. The van der Waals surface area contributed by atoms with Crippen LogP contribution in [0.3, 0.4) is 0 Å². The number of carbonyl (C=O) groups is 2. The number of hydrogen-bond donors (Lipinski definition) is 4. The SMILES string of the molecule is O=C(O)OC1NCCNC1OC(=O)O. The molecular weight excluding hydrogens is 196 g/mol. The molecule has 1 aliphatic rings. The van der Waals surface area contributed by atoms with Crippen LogP contribution in [0.15, 0.2) is 0 Å². The molecule has 2 unspecified atom stereocenters. The van der Waals surface area contributed by atoms with Gasteiger partial charge in [0, 0.05) is 13.1 Å². The van der Waals surface area contributed by atoms with Crippen molar-refractivity contribution < 1.29 is 29.3 Å². The molecule has 0 amide bonds. The van der Waals surface area contributed by atoms with Crippen molar-refractivity contribution in [2.75, 3.05) is 13.1 Å². The van der Waals surface area contributed by atoms with Crippen LogP contribution >= 0.6 is 0 Å². The van der Waals surface area contributed by atoms with Crippen molar-refractivity contribution in [2.45, 2.75) is 12.5 Å². The molecule has 8 heteroatoms. The molecule has 1 rings (SSSR count). The average Bonchev–Trinajstić information content (AvgIpc) is 2.06. The van der Waals surface area contributed by atoms with E-state index in [0.717, 1.165) is 0 Å². The Bertz CT molecular complexity index is 208. The quantitative estimate of drug-likeness (QED) is 0.435. The van der Waals surface area contributed by atoms with E-state index in [4.69, 9.17) is 10.2 Å². The fourth-order valence-corrected chi connectivity index (χ4v) is 1.07. The Morgan fingerprint density at radius 2 is 1.36 bits per heavy atom. The van der Waals surface area contributed by atoms with E-state index in [1.165, 1.54) is 0 Å². The Morgan fingerprint density at radius 3 is 1.64 bits per heavy atom. The second-order valence-electron chi connectivity index (χ2n) is 2.52. The number of hydrogen-bond acceptors (Lipinski definition) is 6. The predicted molar refractivity (Wildman–Crippen MR) is 41.8 cm³/mol. The first kappa shape index (κ1) is 10.5. The molecule has 0 bridgehead atoms. The zero-order valence-electron chi connectivity index (χ0n) is 7.10. The van der Waals surface area contributed by atoms with Crippen molar-refractivity contribution in [2.24, 2.45) is 0 Å². The van der Waals surface area contributed by atoms with Crippen LogP contribution in [-0.2, 0) is 9.47 Å². The molecular formula is C6H10N2O6. The van der Waals surface area contributed by atoms with Crippen molar-refractivity contribution in [1.29, 1.82) is 0 Å². The number of rotatable bonds is 2. The summed E-state index contributed by atoms with van der Waals surface area (Å²) in [6.07, 6.45) is -5.02. The number of carboxylic acid groups (broad SMARTS) is 2. The molecule has 0 spiro atoms. The number of ether oxygens (including phenoxy) is 2. The van der Waals surface area contributed by atoms with Gasteiger partial charge in [0.15, 0.2) is 0 Å². The molecule has 4 N–H and O–H groups in total. The molecule has 0 aromatic rings. The lowest BCUT2D eigenvalue weighted by Crippen LogP contribution is -2.59. The van der Waals surface area contributed by atoms with E-state index >= 15 is 0 Å². The summed E-state index contributed by atoms with van der Waals surface area (Å²) < 4.78 is 8.72. The van der Waals surface area contributed by atoms with Crippen molar-refractivity contribution in [1.82, 2.24) is 10.6 Å². The third kappa shape index (κ3) is 3.07. The van der Waals surface area contributed by atoms with E-state index in [-0.39, 0.29) is 0 Å². The molecule has 1 saturated heterocycles. The first-order chi connectivity index (χ1) is 6.59. The topological polar surface area (TPSA) is 117 Å². The standard InChI is InChI=1S/C6H10N2O6/c9-5(10)13-3-4(14-6(11)12)8-2-1-7-3/h3-4,7-8H,1-2H2,(H,9,10)(H,11,12). The Labute approximate surface area is 78.8 Å². The van der Waals surface area contributed by atoms with Gasteiger partial charge in [0.2, 0.25) is 12.5 Å². The molecule has 0 radical (unpaired) electrons. The van der Waals surface area contributed by atoms with Gasteiger partial charge in [-0.15, -0.1) is 0 Å². The summed E-state index contributed by atoms with van der Waals surface area (Å²) in [7, 11) is 0. The summed E-state index contributed by atoms with van der Waals surface area (Å²) in [6.45, 7) is 0.939. The number of piperazine rings is 1. The van der Waals surface area contributed by atoms with Crippen LogP contribution < -0.4 is 10.6 Å². The van der Waals surface area contributed by atoms with Gasteiger partial charge in [-0.05, 0) is 0 Å². The van der Waals surface area contributed by atoms with Gasteiger partial charge >= 0.3 is 12.3 Å². The van der Waals surface area contributed by atoms with Gasteiger partial charge in [-0.2, -0.15) is 0 Å². The first-order valence-electron chi connectivity index (χ1n) is 3.85. The summed E-state index contributed by atoms with van der Waals surface area (Å²) in [4.78, 5) is 20.4. The van der Waals surface area contributed by atoms with Crippen LogP contribution in [0.25, 0.3) is 0 Å². The predicted octanol–water partition coefficient (Wildman–Crippen LogP) is -0.779. The van der Waals surface area contributed by atoms with E-state index in [1.807, 2.05) is 0 Å². The van der Waals surface area contributed by atoms with Crippen LogP contribution in [0, 0.1) is 0 Å². The highest BCUT2D eigenvalue weighted by atomic mass is 16.7. The van der Waals surface area contributed by atoms with Crippen LogP contribution in [0.1, 0.15) is 0 Å². The molecule has 80 valence electrons. The Morgan fingerprint density at radius 1 is 1.00 bits per heavy atom.